The van der Waals surface area contributed by atoms with Crippen LogP contribution in [0.1, 0.15) is 166 Å². The molecule has 1 N–H and O–H groups in total. The third-order valence-electron chi connectivity index (χ3n) is 8.70. The first kappa shape index (κ1) is 41.8. The third kappa shape index (κ3) is 18.3. The van der Waals surface area contributed by atoms with E-state index in [1.807, 2.05) is 6.92 Å². The lowest BCUT2D eigenvalue weighted by atomic mass is 10.1. The minimum Gasteiger partial charge on any atom is -0.496 e. The van der Waals surface area contributed by atoms with Crippen molar-refractivity contribution >= 4 is 18.0 Å². The van der Waals surface area contributed by atoms with Crippen molar-refractivity contribution in [3.8, 4) is 23.0 Å². The van der Waals surface area contributed by atoms with Gasteiger partial charge in [-0.25, -0.2) is 0 Å². The van der Waals surface area contributed by atoms with Crippen molar-refractivity contribution in [2.24, 2.45) is 0 Å². The summed E-state index contributed by atoms with van der Waals surface area (Å²) >= 11 is 0. The van der Waals surface area contributed by atoms with Crippen LogP contribution in [0, 0.1) is 0 Å². The van der Waals surface area contributed by atoms with Crippen molar-refractivity contribution in [3.05, 3.63) is 53.6 Å². The van der Waals surface area contributed by atoms with E-state index in [1.54, 1.807) is 55.7 Å². The van der Waals surface area contributed by atoms with Gasteiger partial charge in [-0.2, -0.15) is 0 Å². The van der Waals surface area contributed by atoms with Crippen LogP contribution in [-0.2, 0) is 9.59 Å². The predicted molar refractivity (Wildman–Crippen MR) is 200 cm³/mol. The zero-order valence-corrected chi connectivity index (χ0v) is 30.9. The van der Waals surface area contributed by atoms with Crippen LogP contribution < -0.4 is 18.9 Å². The number of hydrogen-bond acceptors (Lipinski definition) is 7. The van der Waals surface area contributed by atoms with E-state index >= 15 is 0 Å². The van der Waals surface area contributed by atoms with Crippen molar-refractivity contribution in [1.82, 2.24) is 0 Å². The number of carbonyl (C=O) groups is 2. The highest BCUT2D eigenvalue weighted by atomic mass is 16.5. The quantitative estimate of drug-likeness (QED) is 0.0543. The molecule has 0 aliphatic heterocycles. The summed E-state index contributed by atoms with van der Waals surface area (Å²) in [6.07, 6.45) is 24.0. The maximum absolute atomic E-state index is 12.9. The molecule has 7 nitrogen and oxygen atoms in total. The standard InChI is InChI=1S/C42H64O7/c1-5-8-10-12-14-16-18-20-22-24-41(44)48-36-28-26-34(27-31-38(43)37-30-29-35(47-7-3)32-40(37)46-4)39(33-36)49-42(45)25-23-21-19-17-15-13-11-9-6-2/h26-33,38,43H,5-25H2,1-4H3. The van der Waals surface area contributed by atoms with E-state index in [0.29, 0.717) is 47.8 Å². The number of aliphatic hydroxyl groups excluding tert-OH is 1. The largest absolute Gasteiger partial charge is 0.496 e. The second-order valence-corrected chi connectivity index (χ2v) is 12.9. The lowest BCUT2D eigenvalue weighted by Crippen LogP contribution is -2.10. The Morgan fingerprint density at radius 3 is 1.65 bits per heavy atom. The number of benzene rings is 2. The van der Waals surface area contributed by atoms with Gasteiger partial charge in [-0.05, 0) is 44.0 Å². The Balaban J connectivity index is 2.02. The fourth-order valence-corrected chi connectivity index (χ4v) is 5.81. The second kappa shape index (κ2) is 26.5. The number of carbonyl (C=O) groups excluding carboxylic acids is 2. The van der Waals surface area contributed by atoms with Gasteiger partial charge in [-0.1, -0.05) is 129 Å². The van der Waals surface area contributed by atoms with Crippen LogP contribution >= 0.6 is 0 Å². The number of ether oxygens (including phenoxy) is 4. The molecule has 0 amide bonds. The number of hydrogen-bond donors (Lipinski definition) is 1. The lowest BCUT2D eigenvalue weighted by molar-refractivity contribution is -0.135. The van der Waals surface area contributed by atoms with Crippen molar-refractivity contribution in [3.63, 3.8) is 0 Å². The molecule has 0 radical (unpaired) electrons. The number of esters is 2. The van der Waals surface area contributed by atoms with Gasteiger partial charge >= 0.3 is 11.9 Å². The van der Waals surface area contributed by atoms with Gasteiger partial charge in [-0.15, -0.1) is 0 Å². The van der Waals surface area contributed by atoms with Crippen LogP contribution in [0.3, 0.4) is 0 Å². The summed E-state index contributed by atoms with van der Waals surface area (Å²) in [5.74, 6) is 1.16. The SMILES string of the molecule is CCCCCCCCCCCC(=O)Oc1ccc(C=CC(O)c2ccc(OCC)cc2OC)c(OC(=O)CCCCCCCCCCC)c1. The number of unbranched alkanes of at least 4 members (excludes halogenated alkanes) is 16. The monoisotopic (exact) mass is 680 g/mol. The van der Waals surface area contributed by atoms with E-state index in [4.69, 9.17) is 18.9 Å². The molecule has 0 fully saturated rings. The summed E-state index contributed by atoms with van der Waals surface area (Å²) in [6.45, 7) is 6.89. The first-order valence-corrected chi connectivity index (χ1v) is 19.1. The van der Waals surface area contributed by atoms with E-state index in [2.05, 4.69) is 13.8 Å². The zero-order valence-electron chi connectivity index (χ0n) is 30.9. The molecule has 0 bridgehead atoms. The summed E-state index contributed by atoms with van der Waals surface area (Å²) in [7, 11) is 1.55. The van der Waals surface area contributed by atoms with Crippen molar-refractivity contribution < 1.29 is 33.6 Å². The molecule has 0 aliphatic carbocycles. The van der Waals surface area contributed by atoms with E-state index in [9.17, 15) is 14.7 Å². The van der Waals surface area contributed by atoms with Gasteiger partial charge in [0.15, 0.2) is 0 Å². The van der Waals surface area contributed by atoms with Crippen LogP contribution in [0.4, 0.5) is 0 Å². The van der Waals surface area contributed by atoms with Crippen LogP contribution in [0.15, 0.2) is 42.5 Å². The Labute approximate surface area is 296 Å². The third-order valence-corrected chi connectivity index (χ3v) is 8.70. The van der Waals surface area contributed by atoms with Gasteiger partial charge in [0.1, 0.15) is 29.1 Å². The topological polar surface area (TPSA) is 91.3 Å². The first-order chi connectivity index (χ1) is 23.9. The summed E-state index contributed by atoms with van der Waals surface area (Å²) in [5.41, 5.74) is 1.16. The second-order valence-electron chi connectivity index (χ2n) is 12.9. The maximum Gasteiger partial charge on any atom is 0.311 e. The molecule has 0 aromatic heterocycles. The van der Waals surface area contributed by atoms with Crippen LogP contribution in [-0.4, -0.2) is 30.8 Å². The molecule has 1 unspecified atom stereocenters. The van der Waals surface area contributed by atoms with Gasteiger partial charge in [-0.3, -0.25) is 9.59 Å². The normalized spacial score (nSPS) is 11.9. The molecule has 0 heterocycles. The Hall–Kier alpha value is -3.32. The highest BCUT2D eigenvalue weighted by Crippen LogP contribution is 2.32. The number of rotatable bonds is 28. The lowest BCUT2D eigenvalue weighted by Gasteiger charge is -2.14. The first-order valence-electron chi connectivity index (χ1n) is 19.1. The fraction of sp³-hybridized carbons (Fsp3) is 0.619. The molecule has 0 saturated carbocycles. The van der Waals surface area contributed by atoms with Crippen molar-refractivity contribution in [1.29, 1.82) is 0 Å². The molecule has 2 aromatic rings. The Kier molecular flexibility index (Phi) is 22.7. The molecule has 274 valence electrons. The van der Waals surface area contributed by atoms with E-state index in [-0.39, 0.29) is 17.7 Å². The van der Waals surface area contributed by atoms with E-state index in [0.717, 1.165) is 38.5 Å². The zero-order chi connectivity index (χ0) is 35.5. The fourth-order valence-electron chi connectivity index (χ4n) is 5.81. The number of methoxy groups -OCH3 is 1. The summed E-state index contributed by atoms with van der Waals surface area (Å²) in [5, 5.41) is 11.0. The Morgan fingerprint density at radius 2 is 1.12 bits per heavy atom. The van der Waals surface area contributed by atoms with E-state index < -0.39 is 6.10 Å². The van der Waals surface area contributed by atoms with Gasteiger partial charge in [0.05, 0.1) is 13.7 Å². The smallest absolute Gasteiger partial charge is 0.311 e. The van der Waals surface area contributed by atoms with Gasteiger partial charge < -0.3 is 24.1 Å². The average Bonchev–Trinajstić information content (AvgIpc) is 3.09. The highest BCUT2D eigenvalue weighted by Gasteiger charge is 2.15. The predicted octanol–water partition coefficient (Wildman–Crippen LogP) is 11.5. The van der Waals surface area contributed by atoms with E-state index in [1.165, 1.54) is 77.0 Å². The van der Waals surface area contributed by atoms with Gasteiger partial charge in [0.2, 0.25) is 0 Å². The molecule has 2 aromatic carbocycles. The maximum atomic E-state index is 12.9. The molecule has 0 saturated heterocycles. The van der Waals surface area contributed by atoms with Crippen molar-refractivity contribution in [2.45, 2.75) is 155 Å². The average molecular weight is 681 g/mol. The summed E-state index contributed by atoms with van der Waals surface area (Å²) in [4.78, 5) is 25.5. The molecule has 1 atom stereocenters. The van der Waals surface area contributed by atoms with Gasteiger partial charge in [0.25, 0.3) is 0 Å². The Bertz CT molecular complexity index is 1220. The van der Waals surface area contributed by atoms with Gasteiger partial charge in [0, 0.05) is 36.1 Å². The molecule has 2 rings (SSSR count). The molecular formula is C42H64O7. The molecule has 49 heavy (non-hydrogen) atoms. The molecule has 7 heteroatoms. The molecule has 0 spiro atoms. The van der Waals surface area contributed by atoms with Crippen LogP contribution in [0.2, 0.25) is 0 Å². The molecular weight excluding hydrogens is 616 g/mol. The number of aliphatic hydroxyl groups is 1. The summed E-state index contributed by atoms with van der Waals surface area (Å²) < 4.78 is 22.5. The summed E-state index contributed by atoms with van der Waals surface area (Å²) in [6, 6.07) is 10.3. The minimum absolute atomic E-state index is 0.288. The molecule has 0 aliphatic rings. The van der Waals surface area contributed by atoms with Crippen molar-refractivity contribution in [2.75, 3.05) is 13.7 Å². The highest BCUT2D eigenvalue weighted by molar-refractivity contribution is 5.76. The van der Waals surface area contributed by atoms with Crippen LogP contribution in [0.5, 0.6) is 23.0 Å². The Morgan fingerprint density at radius 1 is 0.633 bits per heavy atom. The minimum atomic E-state index is -0.981. The van der Waals surface area contributed by atoms with Crippen LogP contribution in [0.25, 0.3) is 6.08 Å².